The van der Waals surface area contributed by atoms with Crippen molar-refractivity contribution in [3.05, 3.63) is 55.1 Å². The van der Waals surface area contributed by atoms with Gasteiger partial charge in [0, 0.05) is 37.1 Å². The van der Waals surface area contributed by atoms with Crippen molar-refractivity contribution >= 4 is 28.2 Å². The molecule has 5 rings (SSSR count). The fourth-order valence-electron chi connectivity index (χ4n) is 4.42. The lowest BCUT2D eigenvalue weighted by atomic mass is 10.1. The van der Waals surface area contributed by atoms with E-state index in [0.717, 1.165) is 22.3 Å². The molecular formula is C24H25N7O. The molecule has 0 saturated carbocycles. The molecule has 0 bridgehead atoms. The van der Waals surface area contributed by atoms with Crippen molar-refractivity contribution < 1.29 is 4.79 Å². The van der Waals surface area contributed by atoms with Crippen molar-refractivity contribution in [3.63, 3.8) is 0 Å². The number of imidazole rings is 1. The number of carbonyl (C=O) groups excluding carboxylic acids is 1. The molecular weight excluding hydrogens is 402 g/mol. The van der Waals surface area contributed by atoms with Crippen molar-refractivity contribution in [3.8, 4) is 17.5 Å². The van der Waals surface area contributed by atoms with Crippen LogP contribution in [-0.4, -0.2) is 49.5 Å². The van der Waals surface area contributed by atoms with Gasteiger partial charge in [-0.3, -0.25) is 14.3 Å². The SMILES string of the molecule is CCC1C(=O)N(C)c2cnc(-n3ccnc3-c3nccc4ccccc34)nc2N1C(C)C. The van der Waals surface area contributed by atoms with Crippen LogP contribution in [-0.2, 0) is 4.79 Å². The van der Waals surface area contributed by atoms with Gasteiger partial charge in [-0.05, 0) is 31.7 Å². The fourth-order valence-corrected chi connectivity index (χ4v) is 4.42. The Labute approximate surface area is 186 Å². The van der Waals surface area contributed by atoms with E-state index in [4.69, 9.17) is 4.98 Å². The molecule has 32 heavy (non-hydrogen) atoms. The number of hydrogen-bond acceptors (Lipinski definition) is 6. The monoisotopic (exact) mass is 427 g/mol. The highest BCUT2D eigenvalue weighted by atomic mass is 16.2. The lowest BCUT2D eigenvalue weighted by molar-refractivity contribution is -0.120. The minimum absolute atomic E-state index is 0.0633. The van der Waals surface area contributed by atoms with Crippen LogP contribution in [0.25, 0.3) is 28.2 Å². The Hall–Kier alpha value is -3.81. The van der Waals surface area contributed by atoms with Crippen LogP contribution in [0.15, 0.2) is 55.1 Å². The van der Waals surface area contributed by atoms with Gasteiger partial charge in [-0.15, -0.1) is 0 Å². The molecule has 0 fully saturated rings. The molecule has 162 valence electrons. The maximum atomic E-state index is 12.9. The summed E-state index contributed by atoms with van der Waals surface area (Å²) in [6.07, 6.45) is 7.78. The van der Waals surface area contributed by atoms with Gasteiger partial charge in [-0.1, -0.05) is 31.2 Å². The molecule has 1 amide bonds. The summed E-state index contributed by atoms with van der Waals surface area (Å²) >= 11 is 0. The molecule has 1 aliphatic heterocycles. The van der Waals surface area contributed by atoms with Gasteiger partial charge >= 0.3 is 0 Å². The third-order valence-electron chi connectivity index (χ3n) is 5.98. The normalized spacial score (nSPS) is 16.2. The maximum Gasteiger partial charge on any atom is 0.249 e. The third-order valence-corrected chi connectivity index (χ3v) is 5.98. The summed E-state index contributed by atoms with van der Waals surface area (Å²) in [5.74, 6) is 1.98. The highest BCUT2D eigenvalue weighted by molar-refractivity contribution is 6.04. The van der Waals surface area contributed by atoms with Crippen LogP contribution >= 0.6 is 0 Å². The fraction of sp³-hybridized carbons (Fsp3) is 0.292. The average molecular weight is 428 g/mol. The molecule has 0 saturated heterocycles. The second-order valence-electron chi connectivity index (χ2n) is 8.20. The predicted octanol–water partition coefficient (Wildman–Crippen LogP) is 3.85. The standard InChI is InChI=1S/C24H25N7O/c1-5-18-23(32)29(4)19-14-27-24(28-21(19)31(18)15(2)3)30-13-12-26-22(30)20-17-9-7-6-8-16(17)10-11-25-20/h6-15,18H,5H2,1-4H3. The van der Waals surface area contributed by atoms with E-state index in [-0.39, 0.29) is 18.0 Å². The number of anilines is 2. The molecule has 0 aliphatic carbocycles. The molecule has 4 heterocycles. The zero-order chi connectivity index (χ0) is 22.4. The zero-order valence-electron chi connectivity index (χ0n) is 18.6. The number of benzene rings is 1. The smallest absolute Gasteiger partial charge is 0.249 e. The number of aromatic nitrogens is 5. The number of carbonyl (C=O) groups is 1. The zero-order valence-corrected chi connectivity index (χ0v) is 18.6. The number of hydrogen-bond donors (Lipinski definition) is 0. The minimum atomic E-state index is -0.253. The largest absolute Gasteiger partial charge is 0.340 e. The van der Waals surface area contributed by atoms with E-state index in [1.54, 1.807) is 30.5 Å². The Morgan fingerprint density at radius 1 is 1.06 bits per heavy atom. The summed E-state index contributed by atoms with van der Waals surface area (Å²) in [6.45, 7) is 6.18. The summed E-state index contributed by atoms with van der Waals surface area (Å²) in [5.41, 5.74) is 1.48. The lowest BCUT2D eigenvalue weighted by Gasteiger charge is -2.42. The number of likely N-dealkylation sites (N-methyl/N-ethyl adjacent to an activating group) is 1. The van der Waals surface area contributed by atoms with Crippen LogP contribution in [0.1, 0.15) is 27.2 Å². The number of nitrogens with zero attached hydrogens (tertiary/aromatic N) is 7. The molecule has 1 atom stereocenters. The quantitative estimate of drug-likeness (QED) is 0.492. The molecule has 8 heteroatoms. The molecule has 3 aromatic heterocycles. The van der Waals surface area contributed by atoms with E-state index in [2.05, 4.69) is 39.8 Å². The first-order valence-electron chi connectivity index (χ1n) is 10.8. The molecule has 1 aliphatic rings. The Balaban J connectivity index is 1.67. The first kappa shape index (κ1) is 20.1. The molecule has 1 aromatic carbocycles. The molecule has 4 aromatic rings. The minimum Gasteiger partial charge on any atom is -0.340 e. The second kappa shape index (κ2) is 7.71. The van der Waals surface area contributed by atoms with Gasteiger partial charge in [0.2, 0.25) is 11.9 Å². The first-order valence-corrected chi connectivity index (χ1v) is 10.8. The molecule has 0 spiro atoms. The van der Waals surface area contributed by atoms with E-state index in [1.807, 2.05) is 42.0 Å². The number of pyridine rings is 1. The van der Waals surface area contributed by atoms with Gasteiger partial charge in [-0.2, -0.15) is 4.98 Å². The first-order chi connectivity index (χ1) is 15.5. The van der Waals surface area contributed by atoms with Crippen LogP contribution in [0.3, 0.4) is 0 Å². The van der Waals surface area contributed by atoms with Gasteiger partial charge in [-0.25, -0.2) is 9.97 Å². The summed E-state index contributed by atoms with van der Waals surface area (Å²) < 4.78 is 1.85. The molecule has 0 N–H and O–H groups in total. The summed E-state index contributed by atoms with van der Waals surface area (Å²) in [4.78, 5) is 35.4. The van der Waals surface area contributed by atoms with Crippen molar-refractivity contribution in [2.45, 2.75) is 39.3 Å². The van der Waals surface area contributed by atoms with Crippen LogP contribution in [0.4, 0.5) is 11.5 Å². The summed E-state index contributed by atoms with van der Waals surface area (Å²) in [6, 6.07) is 9.94. The van der Waals surface area contributed by atoms with E-state index in [9.17, 15) is 4.79 Å². The van der Waals surface area contributed by atoms with Crippen molar-refractivity contribution in [2.24, 2.45) is 0 Å². The van der Waals surface area contributed by atoms with E-state index >= 15 is 0 Å². The van der Waals surface area contributed by atoms with Gasteiger partial charge in [0.05, 0.1) is 6.20 Å². The number of rotatable bonds is 4. The van der Waals surface area contributed by atoms with E-state index < -0.39 is 0 Å². The van der Waals surface area contributed by atoms with Crippen molar-refractivity contribution in [2.75, 3.05) is 16.8 Å². The topological polar surface area (TPSA) is 80.0 Å². The number of fused-ring (bicyclic) bond motifs is 2. The maximum absolute atomic E-state index is 12.9. The molecule has 8 nitrogen and oxygen atoms in total. The van der Waals surface area contributed by atoms with Gasteiger partial charge in [0.15, 0.2) is 11.6 Å². The van der Waals surface area contributed by atoms with Gasteiger partial charge < -0.3 is 9.80 Å². The molecule has 1 unspecified atom stereocenters. The third kappa shape index (κ3) is 3.02. The highest BCUT2D eigenvalue weighted by Crippen LogP contribution is 2.36. The lowest BCUT2D eigenvalue weighted by Crippen LogP contribution is -2.55. The van der Waals surface area contributed by atoms with Crippen molar-refractivity contribution in [1.82, 2.24) is 24.5 Å². The van der Waals surface area contributed by atoms with Gasteiger partial charge in [0.1, 0.15) is 17.4 Å². The Kier molecular flexibility index (Phi) is 4.84. The van der Waals surface area contributed by atoms with E-state index in [0.29, 0.717) is 23.9 Å². The summed E-state index contributed by atoms with van der Waals surface area (Å²) in [7, 11) is 1.78. The van der Waals surface area contributed by atoms with E-state index in [1.165, 1.54) is 0 Å². The predicted molar refractivity (Wildman–Crippen MR) is 125 cm³/mol. The Bertz CT molecular complexity index is 1310. The van der Waals surface area contributed by atoms with Crippen LogP contribution in [0.5, 0.6) is 0 Å². The van der Waals surface area contributed by atoms with Crippen LogP contribution < -0.4 is 9.80 Å². The van der Waals surface area contributed by atoms with Crippen LogP contribution in [0, 0.1) is 0 Å². The summed E-state index contributed by atoms with van der Waals surface area (Å²) in [5, 5.41) is 2.11. The Morgan fingerprint density at radius 2 is 1.88 bits per heavy atom. The second-order valence-corrected chi connectivity index (χ2v) is 8.20. The van der Waals surface area contributed by atoms with Crippen molar-refractivity contribution in [1.29, 1.82) is 0 Å². The Morgan fingerprint density at radius 3 is 2.66 bits per heavy atom. The molecule has 0 radical (unpaired) electrons. The van der Waals surface area contributed by atoms with Crippen LogP contribution in [0.2, 0.25) is 0 Å². The average Bonchev–Trinajstić information content (AvgIpc) is 3.30. The van der Waals surface area contributed by atoms with Gasteiger partial charge in [0.25, 0.3) is 0 Å². The number of amides is 1. The highest BCUT2D eigenvalue weighted by Gasteiger charge is 2.38.